The molecule has 0 saturated heterocycles. The van der Waals surface area contributed by atoms with Gasteiger partial charge in [0.05, 0.1) is 11.3 Å². The average molecular weight is 204 g/mol. The third kappa shape index (κ3) is 1.21. The number of pyridine rings is 1. The lowest BCUT2D eigenvalue weighted by Crippen LogP contribution is -2.29. The summed E-state index contributed by atoms with van der Waals surface area (Å²) in [6.45, 7) is 0. The van der Waals surface area contributed by atoms with Crippen LogP contribution < -0.4 is 5.73 Å². The topological polar surface area (TPSA) is 65.2 Å². The van der Waals surface area contributed by atoms with Crippen LogP contribution in [-0.2, 0) is 4.74 Å². The van der Waals surface area contributed by atoms with Crippen molar-refractivity contribution in [3.05, 3.63) is 23.4 Å². The summed E-state index contributed by atoms with van der Waals surface area (Å²) in [5.41, 5.74) is 7.08. The molecule has 2 atom stereocenters. The van der Waals surface area contributed by atoms with Gasteiger partial charge in [-0.2, -0.15) is 0 Å². The zero-order valence-corrected chi connectivity index (χ0v) is 8.27. The zero-order valence-electron chi connectivity index (χ0n) is 8.27. The van der Waals surface area contributed by atoms with E-state index in [1.807, 2.05) is 0 Å². The number of ether oxygens (including phenoxy) is 1. The molecule has 1 aliphatic carbocycles. The molecule has 15 heavy (non-hydrogen) atoms. The molecule has 0 bridgehead atoms. The van der Waals surface area contributed by atoms with Gasteiger partial charge in [-0.25, -0.2) is 9.78 Å². The van der Waals surface area contributed by atoms with E-state index in [1.54, 1.807) is 12.1 Å². The van der Waals surface area contributed by atoms with Crippen LogP contribution in [0.4, 0.5) is 5.82 Å². The molecule has 3 rings (SSSR count). The van der Waals surface area contributed by atoms with Crippen LogP contribution in [0, 0.1) is 0 Å². The first-order chi connectivity index (χ1) is 7.25. The van der Waals surface area contributed by atoms with Crippen molar-refractivity contribution in [3.63, 3.8) is 0 Å². The van der Waals surface area contributed by atoms with Gasteiger partial charge in [0.25, 0.3) is 0 Å². The Morgan fingerprint density at radius 1 is 1.40 bits per heavy atom. The first kappa shape index (κ1) is 8.71. The molecule has 78 valence electrons. The van der Waals surface area contributed by atoms with Crippen molar-refractivity contribution >= 4 is 11.8 Å². The highest BCUT2D eigenvalue weighted by atomic mass is 16.5. The highest BCUT2D eigenvalue weighted by Gasteiger charge is 2.39. The molecule has 2 heterocycles. The quantitative estimate of drug-likeness (QED) is 0.650. The van der Waals surface area contributed by atoms with E-state index in [9.17, 15) is 4.79 Å². The summed E-state index contributed by atoms with van der Waals surface area (Å²) in [6, 6.07) is 3.36. The second kappa shape index (κ2) is 2.95. The van der Waals surface area contributed by atoms with Crippen LogP contribution in [0.2, 0.25) is 0 Å². The highest BCUT2D eigenvalue weighted by molar-refractivity contribution is 5.92. The van der Waals surface area contributed by atoms with E-state index >= 15 is 0 Å². The first-order valence-electron chi connectivity index (χ1n) is 5.23. The summed E-state index contributed by atoms with van der Waals surface area (Å²) in [6.07, 6.45) is 3.12. The Morgan fingerprint density at radius 3 is 3.13 bits per heavy atom. The predicted molar refractivity (Wildman–Crippen MR) is 54.4 cm³/mol. The Morgan fingerprint density at radius 2 is 2.27 bits per heavy atom. The van der Waals surface area contributed by atoms with Crippen LogP contribution in [0.3, 0.4) is 0 Å². The summed E-state index contributed by atoms with van der Waals surface area (Å²) in [4.78, 5) is 15.9. The minimum absolute atomic E-state index is 0.0271. The van der Waals surface area contributed by atoms with Gasteiger partial charge in [0.15, 0.2) is 0 Å². The lowest BCUT2D eigenvalue weighted by Gasteiger charge is -2.26. The van der Waals surface area contributed by atoms with E-state index in [2.05, 4.69) is 4.98 Å². The van der Waals surface area contributed by atoms with Crippen LogP contribution in [0.25, 0.3) is 0 Å². The van der Waals surface area contributed by atoms with Crippen molar-refractivity contribution in [3.8, 4) is 0 Å². The number of rotatable bonds is 0. The van der Waals surface area contributed by atoms with Gasteiger partial charge in [-0.15, -0.1) is 0 Å². The number of hydrogen-bond acceptors (Lipinski definition) is 4. The van der Waals surface area contributed by atoms with Gasteiger partial charge in [0, 0.05) is 5.92 Å². The normalized spacial score (nSPS) is 28.1. The number of carbonyl (C=O) groups is 1. The molecule has 4 heteroatoms. The minimum Gasteiger partial charge on any atom is -0.458 e. The smallest absolute Gasteiger partial charge is 0.340 e. The maximum atomic E-state index is 11.6. The van der Waals surface area contributed by atoms with Crippen molar-refractivity contribution in [2.45, 2.75) is 31.3 Å². The Kier molecular flexibility index (Phi) is 1.71. The Bertz CT molecular complexity index is 431. The van der Waals surface area contributed by atoms with E-state index < -0.39 is 0 Å². The molecule has 1 saturated carbocycles. The van der Waals surface area contributed by atoms with Gasteiger partial charge >= 0.3 is 5.97 Å². The number of nitrogen functional groups attached to an aromatic ring is 1. The molecule has 0 radical (unpaired) electrons. The van der Waals surface area contributed by atoms with Gasteiger partial charge in [0.2, 0.25) is 0 Å². The van der Waals surface area contributed by atoms with Crippen LogP contribution in [0.5, 0.6) is 0 Å². The molecule has 0 amide bonds. The molecule has 0 spiro atoms. The maximum absolute atomic E-state index is 11.6. The molecular weight excluding hydrogens is 192 g/mol. The zero-order chi connectivity index (χ0) is 10.4. The van der Waals surface area contributed by atoms with E-state index in [0.29, 0.717) is 11.4 Å². The standard InChI is InChI=1S/C11H12N2O2/c12-9-5-4-7-10(13-9)6-2-1-3-8(6)15-11(7)14/h4-6,8H,1-3H2,(H2,12,13). The highest BCUT2D eigenvalue weighted by Crippen LogP contribution is 2.41. The van der Waals surface area contributed by atoms with Crippen LogP contribution >= 0.6 is 0 Å². The second-order valence-electron chi connectivity index (χ2n) is 4.15. The molecule has 1 fully saturated rings. The summed E-state index contributed by atoms with van der Waals surface area (Å²) >= 11 is 0. The Balaban J connectivity index is 2.15. The number of carbonyl (C=O) groups excluding carboxylic acids is 1. The van der Waals surface area contributed by atoms with Gasteiger partial charge < -0.3 is 10.5 Å². The van der Waals surface area contributed by atoms with E-state index in [4.69, 9.17) is 10.5 Å². The van der Waals surface area contributed by atoms with Crippen LogP contribution in [-0.4, -0.2) is 17.1 Å². The first-order valence-corrected chi connectivity index (χ1v) is 5.23. The predicted octanol–water partition coefficient (Wildman–Crippen LogP) is 1.47. The lowest BCUT2D eigenvalue weighted by atomic mass is 9.94. The number of esters is 1. The fraction of sp³-hybridized carbons (Fsp3) is 0.455. The van der Waals surface area contributed by atoms with Crippen molar-refractivity contribution in [1.82, 2.24) is 4.98 Å². The summed E-state index contributed by atoms with van der Waals surface area (Å²) in [5, 5.41) is 0. The number of nitrogens with two attached hydrogens (primary N) is 1. The van der Waals surface area contributed by atoms with Crippen molar-refractivity contribution in [2.75, 3.05) is 5.73 Å². The van der Waals surface area contributed by atoms with Crippen molar-refractivity contribution in [2.24, 2.45) is 0 Å². The molecular formula is C11H12N2O2. The number of anilines is 1. The largest absolute Gasteiger partial charge is 0.458 e. The average Bonchev–Trinajstić information content (AvgIpc) is 2.65. The second-order valence-corrected chi connectivity index (χ2v) is 4.15. The summed E-state index contributed by atoms with van der Waals surface area (Å²) in [7, 11) is 0. The number of hydrogen-bond donors (Lipinski definition) is 1. The van der Waals surface area contributed by atoms with Gasteiger partial charge in [-0.3, -0.25) is 0 Å². The van der Waals surface area contributed by atoms with Gasteiger partial charge in [-0.05, 0) is 31.4 Å². The molecule has 1 aromatic rings. The number of fused-ring (bicyclic) bond motifs is 3. The van der Waals surface area contributed by atoms with E-state index in [0.717, 1.165) is 25.0 Å². The molecule has 4 nitrogen and oxygen atoms in total. The summed E-state index contributed by atoms with van der Waals surface area (Å²) in [5.74, 6) is 0.496. The minimum atomic E-state index is -0.249. The third-order valence-corrected chi connectivity index (χ3v) is 3.23. The van der Waals surface area contributed by atoms with Gasteiger partial charge in [0.1, 0.15) is 11.9 Å². The van der Waals surface area contributed by atoms with E-state index in [1.165, 1.54) is 0 Å². The molecule has 0 aromatic carbocycles. The Labute approximate surface area is 87.4 Å². The third-order valence-electron chi connectivity index (χ3n) is 3.23. The molecule has 2 unspecified atom stereocenters. The summed E-state index contributed by atoms with van der Waals surface area (Å²) < 4.78 is 5.36. The van der Waals surface area contributed by atoms with Gasteiger partial charge in [-0.1, -0.05) is 0 Å². The van der Waals surface area contributed by atoms with Crippen molar-refractivity contribution < 1.29 is 9.53 Å². The van der Waals surface area contributed by atoms with E-state index in [-0.39, 0.29) is 18.0 Å². The maximum Gasteiger partial charge on any atom is 0.340 e. The molecule has 2 aliphatic rings. The molecule has 2 N–H and O–H groups in total. The Hall–Kier alpha value is -1.58. The monoisotopic (exact) mass is 204 g/mol. The van der Waals surface area contributed by atoms with Crippen molar-refractivity contribution in [1.29, 1.82) is 0 Å². The number of nitrogens with zero attached hydrogens (tertiary/aromatic N) is 1. The van der Waals surface area contributed by atoms with Crippen LogP contribution in [0.15, 0.2) is 12.1 Å². The fourth-order valence-corrected chi connectivity index (χ4v) is 2.53. The van der Waals surface area contributed by atoms with Crippen LogP contribution in [0.1, 0.15) is 41.2 Å². The molecule has 1 aromatic heterocycles. The SMILES string of the molecule is Nc1ccc2c(n1)C1CCCC1OC2=O. The lowest BCUT2D eigenvalue weighted by molar-refractivity contribution is 0.0222. The molecule has 1 aliphatic heterocycles. The fourth-order valence-electron chi connectivity index (χ4n) is 2.53. The number of aromatic nitrogens is 1.